The number of carboxylic acid groups (broad SMARTS) is 1. The molecule has 0 radical (unpaired) electrons. The number of carbonyl (C=O) groups excluding carboxylic acids is 3. The van der Waals surface area contributed by atoms with Gasteiger partial charge in [-0.2, -0.15) is 0 Å². The van der Waals surface area contributed by atoms with Crippen molar-refractivity contribution in [3.05, 3.63) is 71.8 Å². The van der Waals surface area contributed by atoms with E-state index in [4.69, 9.17) is 5.73 Å². The lowest BCUT2D eigenvalue weighted by Crippen LogP contribution is -2.59. The quantitative estimate of drug-likeness (QED) is 0.362. The van der Waals surface area contributed by atoms with Crippen molar-refractivity contribution >= 4 is 23.7 Å². The number of likely N-dealkylation sites (tertiary alicyclic amines) is 1. The Morgan fingerprint density at radius 1 is 0.919 bits per heavy atom. The molecule has 198 valence electrons. The average Bonchev–Trinajstić information content (AvgIpc) is 3.38. The van der Waals surface area contributed by atoms with E-state index < -0.39 is 47.9 Å². The number of hydrogen-bond acceptors (Lipinski definition) is 5. The minimum absolute atomic E-state index is 0.205. The molecule has 3 amide bonds. The summed E-state index contributed by atoms with van der Waals surface area (Å²) in [5.41, 5.74) is 7.89. The Morgan fingerprint density at radius 3 is 2.03 bits per heavy atom. The van der Waals surface area contributed by atoms with Gasteiger partial charge in [0.25, 0.3) is 0 Å². The highest BCUT2D eigenvalue weighted by Gasteiger charge is 2.39. The van der Waals surface area contributed by atoms with Crippen molar-refractivity contribution in [1.29, 1.82) is 0 Å². The van der Waals surface area contributed by atoms with Gasteiger partial charge in [0, 0.05) is 13.0 Å². The molecule has 3 rings (SSSR count). The largest absolute Gasteiger partial charge is 0.480 e. The lowest BCUT2D eigenvalue weighted by Gasteiger charge is -2.31. The van der Waals surface area contributed by atoms with Crippen molar-refractivity contribution in [3.8, 4) is 0 Å². The van der Waals surface area contributed by atoms with E-state index in [0.717, 1.165) is 11.1 Å². The third kappa shape index (κ3) is 7.63. The van der Waals surface area contributed by atoms with Crippen molar-refractivity contribution in [2.45, 2.75) is 63.7 Å². The maximum Gasteiger partial charge on any atom is 0.326 e. The standard InChI is InChI=1S/C28H36N4O5/c1-18(2)24(27(35)32-15-9-14-23(32)28(36)37)31-26(34)22(17-20-12-7-4-8-13-20)30-25(33)21(29)16-19-10-5-3-6-11-19/h3-8,10-13,18,21-24H,9,14-17,29H2,1-2H3,(H,30,33)(H,31,34)(H,36,37). The summed E-state index contributed by atoms with van der Waals surface area (Å²) < 4.78 is 0. The smallest absolute Gasteiger partial charge is 0.326 e. The molecular formula is C28H36N4O5. The van der Waals surface area contributed by atoms with E-state index in [1.54, 1.807) is 13.8 Å². The number of carbonyl (C=O) groups is 4. The summed E-state index contributed by atoms with van der Waals surface area (Å²) in [6.45, 7) is 3.90. The fourth-order valence-electron chi connectivity index (χ4n) is 4.53. The third-order valence-electron chi connectivity index (χ3n) is 6.60. The molecule has 1 heterocycles. The number of benzene rings is 2. The van der Waals surface area contributed by atoms with Crippen LogP contribution in [0.1, 0.15) is 37.8 Å². The van der Waals surface area contributed by atoms with Crippen molar-refractivity contribution in [1.82, 2.24) is 15.5 Å². The van der Waals surface area contributed by atoms with E-state index in [9.17, 15) is 24.3 Å². The zero-order chi connectivity index (χ0) is 26.9. The summed E-state index contributed by atoms with van der Waals surface area (Å²) in [7, 11) is 0. The van der Waals surface area contributed by atoms with Gasteiger partial charge in [0.05, 0.1) is 6.04 Å². The molecule has 1 saturated heterocycles. The van der Waals surface area contributed by atoms with E-state index in [1.807, 2.05) is 60.7 Å². The highest BCUT2D eigenvalue weighted by atomic mass is 16.4. The number of nitrogens with two attached hydrogens (primary N) is 1. The van der Waals surface area contributed by atoms with Crippen LogP contribution in [0.3, 0.4) is 0 Å². The molecule has 0 aliphatic carbocycles. The summed E-state index contributed by atoms with van der Waals surface area (Å²) >= 11 is 0. The van der Waals surface area contributed by atoms with Gasteiger partial charge in [-0.05, 0) is 36.3 Å². The third-order valence-corrected chi connectivity index (χ3v) is 6.60. The minimum Gasteiger partial charge on any atom is -0.480 e. The first kappa shape index (κ1) is 27.9. The molecule has 9 heteroatoms. The number of rotatable bonds is 11. The number of nitrogens with one attached hydrogen (secondary N) is 2. The molecule has 37 heavy (non-hydrogen) atoms. The van der Waals surface area contributed by atoms with Crippen LogP contribution in [0.15, 0.2) is 60.7 Å². The van der Waals surface area contributed by atoms with Crippen molar-refractivity contribution in [2.24, 2.45) is 11.7 Å². The Kier molecular flexibility index (Phi) is 9.79. The first-order valence-electron chi connectivity index (χ1n) is 12.6. The molecule has 0 aromatic heterocycles. The normalized spacial score (nSPS) is 17.6. The predicted molar refractivity (Wildman–Crippen MR) is 139 cm³/mol. The fraction of sp³-hybridized carbons (Fsp3) is 0.429. The molecule has 1 aliphatic rings. The Balaban J connectivity index is 1.75. The van der Waals surface area contributed by atoms with Gasteiger partial charge >= 0.3 is 5.97 Å². The lowest BCUT2D eigenvalue weighted by molar-refractivity contribution is -0.150. The lowest BCUT2D eigenvalue weighted by atomic mass is 9.99. The summed E-state index contributed by atoms with van der Waals surface area (Å²) in [4.78, 5) is 52.7. The zero-order valence-electron chi connectivity index (χ0n) is 21.3. The number of carboxylic acids is 1. The summed E-state index contributed by atoms with van der Waals surface area (Å²) in [5, 5.41) is 15.1. The second-order valence-corrected chi connectivity index (χ2v) is 9.81. The van der Waals surface area contributed by atoms with Crippen LogP contribution < -0.4 is 16.4 Å². The second kappa shape index (κ2) is 13.0. The van der Waals surface area contributed by atoms with Gasteiger partial charge in [-0.15, -0.1) is 0 Å². The number of amides is 3. The highest BCUT2D eigenvalue weighted by Crippen LogP contribution is 2.20. The molecule has 0 bridgehead atoms. The summed E-state index contributed by atoms with van der Waals surface area (Å²) in [5.74, 6) is -2.78. The van der Waals surface area contributed by atoms with Crippen molar-refractivity contribution in [3.63, 3.8) is 0 Å². The monoisotopic (exact) mass is 508 g/mol. The second-order valence-electron chi connectivity index (χ2n) is 9.81. The Labute approximate surface area is 217 Å². The average molecular weight is 509 g/mol. The van der Waals surface area contributed by atoms with Crippen LogP contribution in [-0.2, 0) is 32.0 Å². The summed E-state index contributed by atoms with van der Waals surface area (Å²) in [6, 6.07) is 14.9. The van der Waals surface area contributed by atoms with Gasteiger partial charge in [0.2, 0.25) is 17.7 Å². The van der Waals surface area contributed by atoms with Crippen LogP contribution in [0.2, 0.25) is 0 Å². The maximum absolute atomic E-state index is 13.5. The topological polar surface area (TPSA) is 142 Å². The first-order chi connectivity index (χ1) is 17.7. The van der Waals surface area contributed by atoms with Crippen LogP contribution in [0.25, 0.3) is 0 Å². The number of hydrogen-bond donors (Lipinski definition) is 4. The molecule has 1 fully saturated rings. The van der Waals surface area contributed by atoms with E-state index >= 15 is 0 Å². The van der Waals surface area contributed by atoms with E-state index in [1.165, 1.54) is 4.90 Å². The van der Waals surface area contributed by atoms with Gasteiger partial charge in [-0.1, -0.05) is 74.5 Å². The molecule has 4 unspecified atom stereocenters. The first-order valence-corrected chi connectivity index (χ1v) is 12.6. The van der Waals surface area contributed by atoms with Crippen LogP contribution in [0.4, 0.5) is 0 Å². The van der Waals surface area contributed by atoms with Crippen LogP contribution in [0.5, 0.6) is 0 Å². The molecule has 9 nitrogen and oxygen atoms in total. The van der Waals surface area contributed by atoms with Crippen LogP contribution >= 0.6 is 0 Å². The Morgan fingerprint density at radius 2 is 1.49 bits per heavy atom. The molecular weight excluding hydrogens is 472 g/mol. The minimum atomic E-state index is -1.05. The number of aliphatic carboxylic acids is 1. The molecule has 0 spiro atoms. The summed E-state index contributed by atoms with van der Waals surface area (Å²) in [6.07, 6.45) is 1.49. The molecule has 4 atom stereocenters. The molecule has 5 N–H and O–H groups in total. The Hall–Kier alpha value is -3.72. The molecule has 2 aromatic rings. The fourth-order valence-corrected chi connectivity index (χ4v) is 4.53. The van der Waals surface area contributed by atoms with Crippen molar-refractivity contribution < 1.29 is 24.3 Å². The van der Waals surface area contributed by atoms with E-state index in [-0.39, 0.29) is 12.3 Å². The van der Waals surface area contributed by atoms with E-state index in [2.05, 4.69) is 10.6 Å². The molecule has 0 saturated carbocycles. The van der Waals surface area contributed by atoms with Crippen LogP contribution in [0, 0.1) is 5.92 Å². The van der Waals surface area contributed by atoms with E-state index in [0.29, 0.717) is 25.8 Å². The molecule has 1 aliphatic heterocycles. The van der Waals surface area contributed by atoms with Gasteiger partial charge in [0.1, 0.15) is 18.1 Å². The zero-order valence-corrected chi connectivity index (χ0v) is 21.3. The van der Waals surface area contributed by atoms with Gasteiger partial charge in [0.15, 0.2) is 0 Å². The van der Waals surface area contributed by atoms with Crippen LogP contribution in [-0.4, -0.2) is 64.4 Å². The molecule has 2 aromatic carbocycles. The Bertz CT molecular complexity index is 1080. The number of nitrogens with zero attached hydrogens (tertiary/aromatic N) is 1. The SMILES string of the molecule is CC(C)C(NC(=O)C(Cc1ccccc1)NC(=O)C(N)Cc1ccccc1)C(=O)N1CCCC1C(=O)O. The van der Waals surface area contributed by atoms with Gasteiger partial charge in [-0.25, -0.2) is 4.79 Å². The maximum atomic E-state index is 13.5. The predicted octanol–water partition coefficient (Wildman–Crippen LogP) is 1.50. The van der Waals surface area contributed by atoms with Gasteiger partial charge < -0.3 is 26.4 Å². The highest BCUT2D eigenvalue weighted by molar-refractivity contribution is 5.94. The van der Waals surface area contributed by atoms with Gasteiger partial charge in [-0.3, -0.25) is 14.4 Å². The van der Waals surface area contributed by atoms with Crippen molar-refractivity contribution in [2.75, 3.05) is 6.54 Å².